The highest BCUT2D eigenvalue weighted by molar-refractivity contribution is 6.20. The molecule has 2 atom stereocenters. The number of hydrogen-bond donors (Lipinski definition) is 2. The number of carbonyl (C=O) groups excluding carboxylic acids is 1. The van der Waals surface area contributed by atoms with Crippen molar-refractivity contribution >= 4 is 29.5 Å². The molecular formula is C11H17ClO6. The zero-order chi connectivity index (χ0) is 14.1. The highest BCUT2D eigenvalue weighted by atomic mass is 35.5. The second-order valence-electron chi connectivity index (χ2n) is 3.88. The van der Waals surface area contributed by atoms with Gasteiger partial charge in [0.1, 0.15) is 0 Å². The minimum atomic E-state index is -1.34. The highest BCUT2D eigenvalue weighted by Gasteiger charge is 2.25. The van der Waals surface area contributed by atoms with Gasteiger partial charge in [0.2, 0.25) is 0 Å². The molecule has 0 fully saturated rings. The molecule has 0 heterocycles. The zero-order valence-electron chi connectivity index (χ0n) is 10.1. The smallest absolute Gasteiger partial charge is 0.308 e. The molecule has 0 amide bonds. The number of carboxylic acid groups (broad SMARTS) is 2. The highest BCUT2D eigenvalue weighted by Crippen LogP contribution is 2.14. The summed E-state index contributed by atoms with van der Waals surface area (Å²) >= 11 is 5.72. The topological polar surface area (TPSA) is 101 Å². The summed E-state index contributed by atoms with van der Waals surface area (Å²) in [6, 6.07) is 0. The summed E-state index contributed by atoms with van der Waals surface area (Å²) in [5.41, 5.74) is -0.795. The summed E-state index contributed by atoms with van der Waals surface area (Å²) in [4.78, 5) is 32.5. The second kappa shape index (κ2) is 8.74. The fraction of sp³-hybridized carbons (Fsp3) is 0.727. The molecule has 0 aliphatic heterocycles. The van der Waals surface area contributed by atoms with Crippen LogP contribution in [0.25, 0.3) is 0 Å². The molecule has 104 valence electrons. The lowest BCUT2D eigenvalue weighted by Gasteiger charge is -2.13. The summed E-state index contributed by atoms with van der Waals surface area (Å²) in [6.45, 7) is 1.96. The minimum absolute atomic E-state index is 0.487. The molecule has 2 unspecified atom stereocenters. The van der Waals surface area contributed by atoms with Gasteiger partial charge in [-0.3, -0.25) is 14.4 Å². The van der Waals surface area contributed by atoms with Crippen LogP contribution in [0.5, 0.6) is 0 Å². The third-order valence-corrected chi connectivity index (χ3v) is 2.53. The number of carboxylic acids is 2. The van der Waals surface area contributed by atoms with Gasteiger partial charge in [0, 0.05) is 0 Å². The van der Waals surface area contributed by atoms with E-state index in [9.17, 15) is 14.4 Å². The van der Waals surface area contributed by atoms with E-state index in [0.29, 0.717) is 6.42 Å². The Kier molecular flexibility index (Phi) is 8.11. The lowest BCUT2D eigenvalue weighted by atomic mass is 10.0. The van der Waals surface area contributed by atoms with E-state index in [0.717, 1.165) is 12.8 Å². The number of hydrogen-bond acceptors (Lipinski definition) is 4. The van der Waals surface area contributed by atoms with Crippen LogP contribution in [0.2, 0.25) is 0 Å². The van der Waals surface area contributed by atoms with Crippen molar-refractivity contribution in [1.82, 2.24) is 0 Å². The lowest BCUT2D eigenvalue weighted by molar-refractivity contribution is -0.155. The van der Waals surface area contributed by atoms with Crippen LogP contribution in [-0.4, -0.2) is 33.7 Å². The molecule has 0 saturated heterocycles. The first-order chi connectivity index (χ1) is 8.36. The van der Waals surface area contributed by atoms with Crippen LogP contribution in [0.15, 0.2) is 0 Å². The van der Waals surface area contributed by atoms with E-state index < -0.39 is 42.2 Å². The summed E-state index contributed by atoms with van der Waals surface area (Å²) in [5, 5.41) is 17.2. The predicted molar refractivity (Wildman–Crippen MR) is 63.3 cm³/mol. The third-order valence-electron chi connectivity index (χ3n) is 2.23. The van der Waals surface area contributed by atoms with Crippen LogP contribution in [0, 0.1) is 5.92 Å². The number of carbonyl (C=O) groups is 3. The van der Waals surface area contributed by atoms with Crippen molar-refractivity contribution in [2.24, 2.45) is 5.92 Å². The molecule has 0 aliphatic rings. The first-order valence-electron chi connectivity index (χ1n) is 5.65. The van der Waals surface area contributed by atoms with E-state index in [1.807, 2.05) is 6.92 Å². The summed E-state index contributed by atoms with van der Waals surface area (Å²) in [6.07, 6.45) is 1.07. The van der Waals surface area contributed by atoms with Gasteiger partial charge in [0.05, 0.1) is 18.8 Å². The van der Waals surface area contributed by atoms with Crippen molar-refractivity contribution in [3.63, 3.8) is 0 Å². The molecular weight excluding hydrogens is 264 g/mol. The quantitative estimate of drug-likeness (QED) is 0.494. The number of esters is 1. The van der Waals surface area contributed by atoms with Gasteiger partial charge in [-0.25, -0.2) is 0 Å². The maximum atomic E-state index is 11.4. The van der Waals surface area contributed by atoms with Gasteiger partial charge in [0.25, 0.3) is 0 Å². The monoisotopic (exact) mass is 280 g/mol. The Hall–Kier alpha value is -1.30. The SMILES string of the molecule is CCCCC(Cl)OC(=O)CC(CC(=O)O)C(=O)O. The number of ether oxygens (including phenoxy) is 1. The van der Waals surface area contributed by atoms with Gasteiger partial charge < -0.3 is 14.9 Å². The third kappa shape index (κ3) is 7.89. The molecule has 7 heteroatoms. The van der Waals surface area contributed by atoms with E-state index in [4.69, 9.17) is 26.6 Å². The fourth-order valence-corrected chi connectivity index (χ4v) is 1.53. The fourth-order valence-electron chi connectivity index (χ4n) is 1.27. The van der Waals surface area contributed by atoms with Crippen LogP contribution < -0.4 is 0 Å². The van der Waals surface area contributed by atoms with Crippen LogP contribution in [0.1, 0.15) is 39.0 Å². The van der Waals surface area contributed by atoms with Gasteiger partial charge >= 0.3 is 17.9 Å². The number of rotatable bonds is 9. The van der Waals surface area contributed by atoms with Crippen molar-refractivity contribution in [3.05, 3.63) is 0 Å². The number of aliphatic carboxylic acids is 2. The first kappa shape index (κ1) is 16.7. The minimum Gasteiger partial charge on any atom is -0.481 e. The van der Waals surface area contributed by atoms with Crippen LogP contribution in [0.3, 0.4) is 0 Å². The summed E-state index contributed by atoms with van der Waals surface area (Å²) < 4.78 is 4.78. The second-order valence-corrected chi connectivity index (χ2v) is 4.37. The molecule has 18 heavy (non-hydrogen) atoms. The number of unbranched alkanes of at least 4 members (excludes halogenated alkanes) is 1. The molecule has 0 aromatic heterocycles. The molecule has 2 N–H and O–H groups in total. The summed E-state index contributed by atoms with van der Waals surface area (Å²) in [7, 11) is 0. The largest absolute Gasteiger partial charge is 0.481 e. The number of halogens is 1. The van der Waals surface area contributed by atoms with E-state index in [1.165, 1.54) is 0 Å². The Labute approximate surface area is 110 Å². The first-order valence-corrected chi connectivity index (χ1v) is 6.08. The van der Waals surface area contributed by atoms with E-state index in [1.54, 1.807) is 0 Å². The average molecular weight is 281 g/mol. The van der Waals surface area contributed by atoms with Crippen molar-refractivity contribution in [2.75, 3.05) is 0 Å². The lowest BCUT2D eigenvalue weighted by Crippen LogP contribution is -2.23. The van der Waals surface area contributed by atoms with Gasteiger partial charge in [-0.2, -0.15) is 0 Å². The van der Waals surface area contributed by atoms with Crippen molar-refractivity contribution in [1.29, 1.82) is 0 Å². The Balaban J connectivity index is 4.17. The number of alkyl halides is 1. The Morgan fingerprint density at radius 1 is 1.22 bits per heavy atom. The standard InChI is InChI=1S/C11H17ClO6/c1-2-3-4-8(12)18-10(15)6-7(11(16)17)5-9(13)14/h7-8H,2-6H2,1H3,(H,13,14)(H,16,17). The average Bonchev–Trinajstić information content (AvgIpc) is 2.24. The van der Waals surface area contributed by atoms with Gasteiger partial charge in [-0.05, 0) is 12.8 Å². The van der Waals surface area contributed by atoms with E-state index in [-0.39, 0.29) is 0 Å². The van der Waals surface area contributed by atoms with Crippen molar-refractivity contribution in [3.8, 4) is 0 Å². The molecule has 0 saturated carbocycles. The predicted octanol–water partition coefficient (Wildman–Crippen LogP) is 1.85. The molecule has 0 aromatic carbocycles. The Morgan fingerprint density at radius 3 is 2.28 bits per heavy atom. The molecule has 0 spiro atoms. The van der Waals surface area contributed by atoms with Crippen LogP contribution in [-0.2, 0) is 19.1 Å². The molecule has 0 aromatic rings. The Morgan fingerprint density at radius 2 is 1.83 bits per heavy atom. The van der Waals surface area contributed by atoms with E-state index >= 15 is 0 Å². The molecule has 0 aliphatic carbocycles. The van der Waals surface area contributed by atoms with Crippen LogP contribution in [0.4, 0.5) is 0 Å². The van der Waals surface area contributed by atoms with E-state index in [2.05, 4.69) is 0 Å². The zero-order valence-corrected chi connectivity index (χ0v) is 10.9. The molecule has 0 bridgehead atoms. The van der Waals surface area contributed by atoms with Crippen molar-refractivity contribution in [2.45, 2.75) is 44.6 Å². The maximum Gasteiger partial charge on any atom is 0.308 e. The van der Waals surface area contributed by atoms with Gasteiger partial charge in [-0.1, -0.05) is 24.9 Å². The maximum absolute atomic E-state index is 11.4. The molecule has 6 nitrogen and oxygen atoms in total. The van der Waals surface area contributed by atoms with Crippen molar-refractivity contribution < 1.29 is 29.3 Å². The van der Waals surface area contributed by atoms with Gasteiger partial charge in [0.15, 0.2) is 5.56 Å². The Bertz CT molecular complexity index is 304. The molecule has 0 rings (SSSR count). The van der Waals surface area contributed by atoms with Crippen LogP contribution >= 0.6 is 11.6 Å². The van der Waals surface area contributed by atoms with Gasteiger partial charge in [-0.15, -0.1) is 0 Å². The summed E-state index contributed by atoms with van der Waals surface area (Å²) in [5.74, 6) is -4.69. The normalized spacial score (nSPS) is 13.7. The molecule has 0 radical (unpaired) electrons.